The number of rotatable bonds is 5. The maximum atomic E-state index is 13.2. The van der Waals surface area contributed by atoms with Gasteiger partial charge in [-0.15, -0.1) is 0 Å². The molecule has 1 aliphatic heterocycles. The van der Waals surface area contributed by atoms with Crippen molar-refractivity contribution in [3.8, 4) is 0 Å². The summed E-state index contributed by atoms with van der Waals surface area (Å²) in [5.41, 5.74) is 2.92. The Morgan fingerprint density at radius 3 is 2.53 bits per heavy atom. The first-order chi connectivity index (χ1) is 14.7. The van der Waals surface area contributed by atoms with E-state index in [-0.39, 0.29) is 24.1 Å². The molecule has 0 unspecified atom stereocenters. The molecular weight excluding hydrogens is 379 g/mol. The van der Waals surface area contributed by atoms with Crippen molar-refractivity contribution >= 4 is 11.6 Å². The molecule has 0 bridgehead atoms. The van der Waals surface area contributed by atoms with Crippen molar-refractivity contribution in [1.29, 1.82) is 0 Å². The number of halogens is 1. The van der Waals surface area contributed by atoms with Crippen LogP contribution in [0.5, 0.6) is 0 Å². The van der Waals surface area contributed by atoms with Gasteiger partial charge in [-0.1, -0.05) is 30.3 Å². The van der Waals surface area contributed by atoms with Gasteiger partial charge in [-0.05, 0) is 42.2 Å². The van der Waals surface area contributed by atoms with Gasteiger partial charge < -0.3 is 9.80 Å². The molecule has 1 atom stereocenters. The third-order valence-corrected chi connectivity index (χ3v) is 5.45. The maximum absolute atomic E-state index is 13.2. The molecule has 3 aromatic rings. The van der Waals surface area contributed by atoms with Crippen molar-refractivity contribution in [3.05, 3.63) is 90.3 Å². The summed E-state index contributed by atoms with van der Waals surface area (Å²) in [5.74, 6) is 0.0192. The highest BCUT2D eigenvalue weighted by atomic mass is 19.1. The number of carbonyl (C=O) groups is 1. The number of aromatic nitrogens is 2. The Labute approximate surface area is 176 Å². The van der Waals surface area contributed by atoms with E-state index in [4.69, 9.17) is 0 Å². The monoisotopic (exact) mass is 404 g/mol. The Hall–Kier alpha value is -3.28. The van der Waals surface area contributed by atoms with E-state index in [0.29, 0.717) is 13.1 Å². The Balaban J connectivity index is 1.51. The van der Waals surface area contributed by atoms with Crippen LogP contribution < -0.4 is 4.90 Å². The molecule has 30 heavy (non-hydrogen) atoms. The number of nitrogens with zero attached hydrogens (tertiary/aromatic N) is 4. The molecule has 0 N–H and O–H groups in total. The second kappa shape index (κ2) is 9.48. The minimum absolute atomic E-state index is 0.0701. The van der Waals surface area contributed by atoms with E-state index in [9.17, 15) is 9.18 Å². The molecular formula is C24H25FN4O. The molecule has 2 aromatic carbocycles. The predicted octanol–water partition coefficient (Wildman–Crippen LogP) is 3.37. The van der Waals surface area contributed by atoms with Crippen LogP contribution in [-0.4, -0.2) is 47.0 Å². The molecule has 0 aliphatic carbocycles. The maximum Gasteiger partial charge on any atom is 0.227 e. The highest BCUT2D eigenvalue weighted by Crippen LogP contribution is 2.21. The fourth-order valence-corrected chi connectivity index (χ4v) is 3.95. The fraction of sp³-hybridized carbons (Fsp3) is 0.292. The molecule has 6 heteroatoms. The number of hydrogen-bond acceptors (Lipinski definition) is 4. The van der Waals surface area contributed by atoms with E-state index in [1.807, 2.05) is 23.1 Å². The van der Waals surface area contributed by atoms with E-state index in [1.165, 1.54) is 12.1 Å². The molecule has 1 saturated heterocycles. The molecule has 2 heterocycles. The number of amides is 1. The largest absolute Gasteiger partial charge is 0.369 e. The van der Waals surface area contributed by atoms with E-state index < -0.39 is 0 Å². The van der Waals surface area contributed by atoms with Gasteiger partial charge >= 0.3 is 0 Å². The van der Waals surface area contributed by atoms with Crippen LogP contribution >= 0.6 is 0 Å². The van der Waals surface area contributed by atoms with Gasteiger partial charge in [0.1, 0.15) is 5.82 Å². The SMILES string of the molecule is O=C(Cc1ccc(F)cc1)N1CCN(c2ccccc2)C[C@@H](Cc2cnccn2)C1. The van der Waals surface area contributed by atoms with Crippen molar-refractivity contribution in [3.63, 3.8) is 0 Å². The summed E-state index contributed by atoms with van der Waals surface area (Å²) in [5, 5.41) is 0. The van der Waals surface area contributed by atoms with Crippen molar-refractivity contribution in [2.45, 2.75) is 12.8 Å². The van der Waals surface area contributed by atoms with Crippen LogP contribution in [0.1, 0.15) is 11.3 Å². The van der Waals surface area contributed by atoms with E-state index >= 15 is 0 Å². The van der Waals surface area contributed by atoms with Gasteiger partial charge in [0.25, 0.3) is 0 Å². The second-order valence-corrected chi connectivity index (χ2v) is 7.69. The van der Waals surface area contributed by atoms with Gasteiger partial charge in [-0.25, -0.2) is 4.39 Å². The van der Waals surface area contributed by atoms with E-state index in [2.05, 4.69) is 27.0 Å². The number of benzene rings is 2. The normalized spacial score (nSPS) is 16.9. The lowest BCUT2D eigenvalue weighted by Gasteiger charge is -2.25. The minimum Gasteiger partial charge on any atom is -0.369 e. The van der Waals surface area contributed by atoms with Crippen LogP contribution in [0.2, 0.25) is 0 Å². The average Bonchev–Trinajstić information content (AvgIpc) is 2.99. The molecule has 0 saturated carbocycles. The molecule has 154 valence electrons. The summed E-state index contributed by atoms with van der Waals surface area (Å²) in [6.45, 7) is 2.95. The van der Waals surface area contributed by atoms with Crippen LogP contribution in [0.4, 0.5) is 10.1 Å². The lowest BCUT2D eigenvalue weighted by Crippen LogP contribution is -2.37. The predicted molar refractivity (Wildman–Crippen MR) is 115 cm³/mol. The molecule has 1 aliphatic rings. The summed E-state index contributed by atoms with van der Waals surface area (Å²) < 4.78 is 13.2. The van der Waals surface area contributed by atoms with E-state index in [0.717, 1.165) is 36.5 Å². The van der Waals surface area contributed by atoms with Crippen LogP contribution in [0.3, 0.4) is 0 Å². The molecule has 5 nitrogen and oxygen atoms in total. The van der Waals surface area contributed by atoms with Gasteiger partial charge in [0.2, 0.25) is 5.91 Å². The molecule has 1 amide bonds. The number of anilines is 1. The number of carbonyl (C=O) groups excluding carboxylic acids is 1. The minimum atomic E-state index is -0.288. The summed E-state index contributed by atoms with van der Waals surface area (Å²) >= 11 is 0. The summed E-state index contributed by atoms with van der Waals surface area (Å²) in [6.07, 6.45) is 6.22. The highest BCUT2D eigenvalue weighted by molar-refractivity contribution is 5.79. The molecule has 1 fully saturated rings. The molecule has 1 aromatic heterocycles. The van der Waals surface area contributed by atoms with Crippen LogP contribution in [0, 0.1) is 11.7 Å². The molecule has 4 rings (SSSR count). The Morgan fingerprint density at radius 2 is 1.80 bits per heavy atom. The first-order valence-corrected chi connectivity index (χ1v) is 10.2. The second-order valence-electron chi connectivity index (χ2n) is 7.69. The van der Waals surface area contributed by atoms with Crippen LogP contribution in [0.15, 0.2) is 73.2 Å². The average molecular weight is 404 g/mol. The van der Waals surface area contributed by atoms with Gasteiger partial charge in [-0.3, -0.25) is 14.8 Å². The van der Waals surface area contributed by atoms with Crippen molar-refractivity contribution < 1.29 is 9.18 Å². The lowest BCUT2D eigenvalue weighted by atomic mass is 10.0. The lowest BCUT2D eigenvalue weighted by molar-refractivity contribution is -0.130. The zero-order chi connectivity index (χ0) is 20.8. The summed E-state index contributed by atoms with van der Waals surface area (Å²) in [6, 6.07) is 16.5. The summed E-state index contributed by atoms with van der Waals surface area (Å²) in [4.78, 5) is 25.9. The molecule has 0 radical (unpaired) electrons. The molecule has 0 spiro atoms. The Bertz CT molecular complexity index is 950. The zero-order valence-corrected chi connectivity index (χ0v) is 16.8. The topological polar surface area (TPSA) is 49.3 Å². The first-order valence-electron chi connectivity index (χ1n) is 10.2. The van der Waals surface area contributed by atoms with Gasteiger partial charge in [0.05, 0.1) is 12.1 Å². The van der Waals surface area contributed by atoms with Gasteiger partial charge in [0.15, 0.2) is 0 Å². The van der Waals surface area contributed by atoms with Crippen LogP contribution in [-0.2, 0) is 17.6 Å². The van der Waals surface area contributed by atoms with Crippen molar-refractivity contribution in [2.24, 2.45) is 5.92 Å². The highest BCUT2D eigenvalue weighted by Gasteiger charge is 2.26. The first kappa shape index (κ1) is 20.0. The van der Waals surface area contributed by atoms with Gasteiger partial charge in [0, 0.05) is 50.5 Å². The summed E-state index contributed by atoms with van der Waals surface area (Å²) in [7, 11) is 0. The quantitative estimate of drug-likeness (QED) is 0.654. The number of para-hydroxylation sites is 1. The van der Waals surface area contributed by atoms with Crippen molar-refractivity contribution in [1.82, 2.24) is 14.9 Å². The van der Waals surface area contributed by atoms with Crippen molar-refractivity contribution in [2.75, 3.05) is 31.1 Å². The van der Waals surface area contributed by atoms with Crippen LogP contribution in [0.25, 0.3) is 0 Å². The third-order valence-electron chi connectivity index (χ3n) is 5.45. The third kappa shape index (κ3) is 5.20. The smallest absolute Gasteiger partial charge is 0.227 e. The van der Waals surface area contributed by atoms with E-state index in [1.54, 1.807) is 30.7 Å². The van der Waals surface area contributed by atoms with Gasteiger partial charge in [-0.2, -0.15) is 0 Å². The standard InChI is InChI=1S/C24H25FN4O/c25-21-8-6-19(7-9-21)15-24(30)29-13-12-28(23-4-2-1-3-5-23)17-20(18-29)14-22-16-26-10-11-27-22/h1-11,16,20H,12-15,17-18H2/t20-/m1/s1. The fourth-order valence-electron chi connectivity index (χ4n) is 3.95. The Morgan fingerprint density at radius 1 is 1.00 bits per heavy atom. The Kier molecular flexibility index (Phi) is 6.32. The number of hydrogen-bond donors (Lipinski definition) is 0. The zero-order valence-electron chi connectivity index (χ0n) is 16.8.